The van der Waals surface area contributed by atoms with Gasteiger partial charge in [-0.2, -0.15) is 0 Å². The lowest BCUT2D eigenvalue weighted by Gasteiger charge is -2.35. The standard InChI is InChI=1S/C20H23N5OS.2ClH/c1-14-3-5-15(6-4-14)20-23-16(13-27-20)11-18(26)25-10-7-21-12-17(25)19-22-8-9-24(19)2;;/h3-6,8-9,13,17,21H,7,10-12H2,1-2H3;2*1H. The van der Waals surface area contributed by atoms with Gasteiger partial charge in [-0.15, -0.1) is 36.2 Å². The van der Waals surface area contributed by atoms with Crippen molar-refractivity contribution in [1.29, 1.82) is 0 Å². The van der Waals surface area contributed by atoms with E-state index in [4.69, 9.17) is 0 Å². The van der Waals surface area contributed by atoms with Gasteiger partial charge in [0.2, 0.25) is 5.91 Å². The van der Waals surface area contributed by atoms with Gasteiger partial charge in [0.05, 0.1) is 12.1 Å². The third kappa shape index (κ3) is 5.17. The highest BCUT2D eigenvalue weighted by molar-refractivity contribution is 7.13. The normalized spacial score (nSPS) is 16.1. The minimum absolute atomic E-state index is 0. The number of rotatable bonds is 4. The van der Waals surface area contributed by atoms with Gasteiger partial charge in [-0.05, 0) is 6.92 Å². The second-order valence-corrected chi connectivity index (χ2v) is 7.75. The topological polar surface area (TPSA) is 63.1 Å². The van der Waals surface area contributed by atoms with E-state index < -0.39 is 0 Å². The Hall–Kier alpha value is -1.93. The molecule has 156 valence electrons. The van der Waals surface area contributed by atoms with E-state index in [1.165, 1.54) is 5.56 Å². The maximum Gasteiger partial charge on any atom is 0.229 e. The lowest BCUT2D eigenvalue weighted by Crippen LogP contribution is -2.49. The molecule has 0 spiro atoms. The lowest BCUT2D eigenvalue weighted by atomic mass is 10.1. The largest absolute Gasteiger partial charge is 0.336 e. The molecule has 1 N–H and O–H groups in total. The van der Waals surface area contributed by atoms with Gasteiger partial charge in [-0.3, -0.25) is 4.79 Å². The Labute approximate surface area is 187 Å². The van der Waals surface area contributed by atoms with E-state index in [9.17, 15) is 4.79 Å². The molecule has 0 radical (unpaired) electrons. The van der Waals surface area contributed by atoms with Crippen molar-refractivity contribution in [1.82, 2.24) is 24.8 Å². The number of nitrogens with one attached hydrogen (secondary N) is 1. The van der Waals surface area contributed by atoms with Crippen LogP contribution in [0.4, 0.5) is 0 Å². The fourth-order valence-corrected chi connectivity index (χ4v) is 4.23. The molecule has 1 aliphatic heterocycles. The van der Waals surface area contributed by atoms with Crippen LogP contribution in [0.3, 0.4) is 0 Å². The second-order valence-electron chi connectivity index (χ2n) is 6.89. The number of halogens is 2. The van der Waals surface area contributed by atoms with Crippen molar-refractivity contribution in [2.75, 3.05) is 19.6 Å². The maximum absolute atomic E-state index is 13.0. The number of aromatic nitrogens is 3. The number of piperazine rings is 1. The minimum Gasteiger partial charge on any atom is -0.336 e. The summed E-state index contributed by atoms with van der Waals surface area (Å²) >= 11 is 1.59. The third-order valence-corrected chi connectivity index (χ3v) is 5.84. The molecule has 1 amide bonds. The van der Waals surface area contributed by atoms with Gasteiger partial charge in [0.1, 0.15) is 16.9 Å². The molecule has 9 heteroatoms. The van der Waals surface area contributed by atoms with Crippen molar-refractivity contribution >= 4 is 42.1 Å². The van der Waals surface area contributed by atoms with Crippen molar-refractivity contribution in [2.24, 2.45) is 7.05 Å². The monoisotopic (exact) mass is 453 g/mol. The molecule has 1 aliphatic rings. The Kier molecular flexibility index (Phi) is 8.22. The van der Waals surface area contributed by atoms with Crippen LogP contribution in [0.1, 0.15) is 23.1 Å². The molecular formula is C20H25Cl2N5OS. The predicted octanol–water partition coefficient (Wildman–Crippen LogP) is 3.41. The first-order valence-electron chi connectivity index (χ1n) is 9.10. The van der Waals surface area contributed by atoms with Gasteiger partial charge in [0.15, 0.2) is 0 Å². The smallest absolute Gasteiger partial charge is 0.229 e. The average molecular weight is 454 g/mol. The Balaban J connectivity index is 0.00000150. The van der Waals surface area contributed by atoms with Crippen LogP contribution >= 0.6 is 36.2 Å². The number of benzene rings is 1. The van der Waals surface area contributed by atoms with Gasteiger partial charge in [0.25, 0.3) is 0 Å². The van der Waals surface area contributed by atoms with Gasteiger partial charge >= 0.3 is 0 Å². The van der Waals surface area contributed by atoms with E-state index in [1.54, 1.807) is 17.5 Å². The third-order valence-electron chi connectivity index (χ3n) is 4.90. The van der Waals surface area contributed by atoms with Crippen molar-refractivity contribution in [3.05, 3.63) is 59.1 Å². The van der Waals surface area contributed by atoms with Gasteiger partial charge in [0, 0.05) is 50.0 Å². The molecule has 1 fully saturated rings. The zero-order valence-electron chi connectivity index (χ0n) is 16.4. The second kappa shape index (κ2) is 10.2. The summed E-state index contributed by atoms with van der Waals surface area (Å²) in [6, 6.07) is 8.28. The number of hydrogen-bond donors (Lipinski definition) is 1. The fraction of sp³-hybridized carbons (Fsp3) is 0.350. The number of carbonyl (C=O) groups is 1. The molecule has 4 rings (SSSR count). The first kappa shape index (κ1) is 23.3. The number of aryl methyl sites for hydroxylation is 2. The first-order valence-corrected chi connectivity index (χ1v) is 9.98. The van der Waals surface area contributed by atoms with Crippen LogP contribution in [-0.2, 0) is 18.3 Å². The molecular weight excluding hydrogens is 429 g/mol. The number of imidazole rings is 1. The highest BCUT2D eigenvalue weighted by atomic mass is 35.5. The summed E-state index contributed by atoms with van der Waals surface area (Å²) in [5.74, 6) is 1.01. The summed E-state index contributed by atoms with van der Waals surface area (Å²) in [4.78, 5) is 24.1. The molecule has 1 aromatic carbocycles. The molecule has 0 bridgehead atoms. The highest BCUT2D eigenvalue weighted by Gasteiger charge is 2.30. The molecule has 1 atom stereocenters. The van der Waals surface area contributed by atoms with Crippen molar-refractivity contribution in [3.8, 4) is 10.6 Å². The van der Waals surface area contributed by atoms with Crippen LogP contribution in [0.25, 0.3) is 10.6 Å². The number of carbonyl (C=O) groups excluding carboxylic acids is 1. The average Bonchev–Trinajstić information content (AvgIpc) is 3.31. The van der Waals surface area contributed by atoms with Crippen LogP contribution in [0.5, 0.6) is 0 Å². The van der Waals surface area contributed by atoms with Crippen LogP contribution in [0, 0.1) is 6.92 Å². The van der Waals surface area contributed by atoms with E-state index in [1.807, 2.05) is 28.1 Å². The van der Waals surface area contributed by atoms with Crippen LogP contribution in [-0.4, -0.2) is 45.0 Å². The van der Waals surface area contributed by atoms with Crippen molar-refractivity contribution < 1.29 is 4.79 Å². The molecule has 1 unspecified atom stereocenters. The Morgan fingerprint density at radius 3 is 2.72 bits per heavy atom. The maximum atomic E-state index is 13.0. The van der Waals surface area contributed by atoms with E-state index in [-0.39, 0.29) is 36.8 Å². The Bertz CT molecular complexity index is 941. The summed E-state index contributed by atoms with van der Waals surface area (Å²) in [6.07, 6.45) is 4.02. The summed E-state index contributed by atoms with van der Waals surface area (Å²) in [6.45, 7) is 4.28. The summed E-state index contributed by atoms with van der Waals surface area (Å²) in [5, 5.41) is 6.32. The minimum atomic E-state index is -0.0403. The van der Waals surface area contributed by atoms with Crippen molar-refractivity contribution in [2.45, 2.75) is 19.4 Å². The predicted molar refractivity (Wildman–Crippen MR) is 121 cm³/mol. The molecule has 1 saturated heterocycles. The summed E-state index contributed by atoms with van der Waals surface area (Å²) < 4.78 is 1.98. The van der Waals surface area contributed by atoms with Crippen LogP contribution in [0.15, 0.2) is 42.0 Å². The molecule has 6 nitrogen and oxygen atoms in total. The number of amides is 1. The van der Waals surface area contributed by atoms with Crippen LogP contribution < -0.4 is 5.32 Å². The lowest BCUT2D eigenvalue weighted by molar-refractivity contribution is -0.134. The molecule has 2 aromatic heterocycles. The summed E-state index contributed by atoms with van der Waals surface area (Å²) in [7, 11) is 1.97. The Morgan fingerprint density at radius 1 is 1.28 bits per heavy atom. The molecule has 0 saturated carbocycles. The zero-order valence-corrected chi connectivity index (χ0v) is 18.8. The number of thiazole rings is 1. The number of hydrogen-bond acceptors (Lipinski definition) is 5. The van der Waals surface area contributed by atoms with E-state index in [2.05, 4.69) is 46.5 Å². The number of nitrogens with zero attached hydrogens (tertiary/aromatic N) is 4. The van der Waals surface area contributed by atoms with Gasteiger partial charge < -0.3 is 14.8 Å². The summed E-state index contributed by atoms with van der Waals surface area (Å²) in [5.41, 5.74) is 3.15. The van der Waals surface area contributed by atoms with E-state index in [0.717, 1.165) is 35.2 Å². The fourth-order valence-electron chi connectivity index (χ4n) is 3.41. The first-order chi connectivity index (χ1) is 13.1. The Morgan fingerprint density at radius 2 is 2.03 bits per heavy atom. The molecule has 29 heavy (non-hydrogen) atoms. The van der Waals surface area contributed by atoms with E-state index in [0.29, 0.717) is 13.0 Å². The van der Waals surface area contributed by atoms with E-state index >= 15 is 0 Å². The van der Waals surface area contributed by atoms with Gasteiger partial charge in [-0.1, -0.05) is 29.8 Å². The van der Waals surface area contributed by atoms with Crippen molar-refractivity contribution in [3.63, 3.8) is 0 Å². The molecule has 0 aliphatic carbocycles. The zero-order chi connectivity index (χ0) is 18.8. The molecule has 3 heterocycles. The van der Waals surface area contributed by atoms with Crippen LogP contribution in [0.2, 0.25) is 0 Å². The van der Waals surface area contributed by atoms with Gasteiger partial charge in [-0.25, -0.2) is 9.97 Å². The SMILES string of the molecule is Cc1ccc(-c2nc(CC(=O)N3CCNCC3c3nccn3C)cs2)cc1.Cl.Cl. The molecule has 3 aromatic rings. The quantitative estimate of drug-likeness (QED) is 0.657. The highest BCUT2D eigenvalue weighted by Crippen LogP contribution is 2.26.